The summed E-state index contributed by atoms with van der Waals surface area (Å²) in [5.74, 6) is -0.0683. The number of piperidine rings is 2. The molecule has 3 aliphatic heterocycles. The quantitative estimate of drug-likeness (QED) is 0.384. The first-order valence-electron chi connectivity index (χ1n) is 14.4. The first kappa shape index (κ1) is 28.7. The molecule has 0 bridgehead atoms. The number of rotatable bonds is 9. The molecule has 2 N–H and O–H groups in total. The summed E-state index contributed by atoms with van der Waals surface area (Å²) in [4.78, 5) is 13.4. The van der Waals surface area contributed by atoms with Crippen LogP contribution < -0.4 is 20.1 Å². The van der Waals surface area contributed by atoms with E-state index in [1.807, 2.05) is 0 Å². The van der Waals surface area contributed by atoms with E-state index in [1.54, 1.807) is 12.1 Å². The number of halogens is 3. The SMILES string of the molecule is CC(C)N1CCC(Oc2ccc(Nc3ncc(F)c(N[C@@H]4C[C@H]5CCCN5C(C)(C)C4)n3)cc2OC(F)F)CC1. The van der Waals surface area contributed by atoms with E-state index in [9.17, 15) is 13.2 Å². The van der Waals surface area contributed by atoms with Crippen molar-refractivity contribution >= 4 is 17.5 Å². The summed E-state index contributed by atoms with van der Waals surface area (Å²) in [6.07, 6.45) is 6.80. The van der Waals surface area contributed by atoms with Crippen molar-refractivity contribution in [2.24, 2.45) is 0 Å². The van der Waals surface area contributed by atoms with Gasteiger partial charge in [-0.2, -0.15) is 13.8 Å². The third-order valence-electron chi connectivity index (χ3n) is 8.46. The molecule has 220 valence electrons. The van der Waals surface area contributed by atoms with Gasteiger partial charge in [0.25, 0.3) is 0 Å². The average molecular weight is 563 g/mol. The third-order valence-corrected chi connectivity index (χ3v) is 8.46. The Morgan fingerprint density at radius 2 is 1.85 bits per heavy atom. The molecule has 40 heavy (non-hydrogen) atoms. The highest BCUT2D eigenvalue weighted by Crippen LogP contribution is 2.39. The monoisotopic (exact) mass is 562 g/mol. The van der Waals surface area contributed by atoms with E-state index in [2.05, 4.69) is 58.1 Å². The Hall–Kier alpha value is -2.79. The standard InChI is InChI=1S/C29H41F3N6O2/c1-18(2)37-12-9-22(10-13-37)39-24-8-7-19(15-25(24)40-27(31)32)35-28-33-17-23(30)26(36-28)34-20-14-21-6-5-11-38(21)29(3,4)16-20/h7-8,15,17-18,20-22,27H,5-6,9-14,16H2,1-4H3,(H2,33,34,35,36)/t20-,21-/m1/s1. The molecule has 8 nitrogen and oxygen atoms in total. The van der Waals surface area contributed by atoms with Gasteiger partial charge in [0.05, 0.1) is 6.20 Å². The van der Waals surface area contributed by atoms with E-state index in [-0.39, 0.29) is 40.9 Å². The second-order valence-electron chi connectivity index (χ2n) is 12.1. The van der Waals surface area contributed by atoms with Crippen molar-refractivity contribution in [3.63, 3.8) is 0 Å². The maximum atomic E-state index is 14.7. The minimum Gasteiger partial charge on any atom is -0.486 e. The van der Waals surface area contributed by atoms with Crippen LogP contribution in [0.1, 0.15) is 66.2 Å². The van der Waals surface area contributed by atoms with Crippen molar-refractivity contribution in [3.05, 3.63) is 30.2 Å². The Morgan fingerprint density at radius 3 is 2.58 bits per heavy atom. The van der Waals surface area contributed by atoms with E-state index in [4.69, 9.17) is 9.47 Å². The number of nitrogens with zero attached hydrogens (tertiary/aromatic N) is 4. The molecule has 3 aliphatic rings. The number of anilines is 3. The van der Waals surface area contributed by atoms with E-state index < -0.39 is 12.4 Å². The Bertz CT molecular complexity index is 1160. The van der Waals surface area contributed by atoms with Crippen LogP contribution in [-0.2, 0) is 0 Å². The van der Waals surface area contributed by atoms with Crippen molar-refractivity contribution < 1.29 is 22.6 Å². The van der Waals surface area contributed by atoms with Crippen LogP contribution in [0.4, 0.5) is 30.6 Å². The summed E-state index contributed by atoms with van der Waals surface area (Å²) in [7, 11) is 0. The van der Waals surface area contributed by atoms with Crippen molar-refractivity contribution in [3.8, 4) is 11.5 Å². The molecule has 1 aromatic carbocycles. The number of hydrogen-bond donors (Lipinski definition) is 2. The summed E-state index contributed by atoms with van der Waals surface area (Å²) in [6.45, 7) is 8.68. The molecule has 0 spiro atoms. The normalized spacial score (nSPS) is 23.8. The van der Waals surface area contributed by atoms with Crippen molar-refractivity contribution in [2.45, 2.75) is 103 Å². The van der Waals surface area contributed by atoms with Crippen molar-refractivity contribution in [2.75, 3.05) is 30.3 Å². The highest BCUT2D eigenvalue weighted by atomic mass is 19.3. The van der Waals surface area contributed by atoms with E-state index in [1.165, 1.54) is 12.5 Å². The Labute approximate surface area is 234 Å². The predicted molar refractivity (Wildman–Crippen MR) is 149 cm³/mol. The lowest BCUT2D eigenvalue weighted by molar-refractivity contribution is -0.0525. The van der Waals surface area contributed by atoms with Gasteiger partial charge in [0, 0.05) is 48.5 Å². The Kier molecular flexibility index (Phi) is 8.61. The molecule has 0 unspecified atom stereocenters. The zero-order valence-electron chi connectivity index (χ0n) is 23.8. The Balaban J connectivity index is 1.27. The first-order chi connectivity index (χ1) is 19.1. The fourth-order valence-corrected chi connectivity index (χ4v) is 6.53. The van der Waals surface area contributed by atoms with Crippen molar-refractivity contribution in [1.82, 2.24) is 19.8 Å². The van der Waals surface area contributed by atoms with Crippen LogP contribution in [0.3, 0.4) is 0 Å². The van der Waals surface area contributed by atoms with Crippen LogP contribution in [-0.4, -0.2) is 75.8 Å². The lowest BCUT2D eigenvalue weighted by atomic mass is 9.84. The van der Waals surface area contributed by atoms with Crippen LogP contribution in [0.2, 0.25) is 0 Å². The molecule has 2 aromatic rings. The molecule has 0 aliphatic carbocycles. The minimum absolute atomic E-state index is 0.0258. The van der Waals surface area contributed by atoms with Gasteiger partial charge in [0.1, 0.15) is 6.10 Å². The zero-order chi connectivity index (χ0) is 28.4. The average Bonchev–Trinajstić information content (AvgIpc) is 3.37. The molecular formula is C29H41F3N6O2. The third kappa shape index (κ3) is 6.74. The first-order valence-corrected chi connectivity index (χ1v) is 14.4. The smallest absolute Gasteiger partial charge is 0.387 e. The second-order valence-corrected chi connectivity index (χ2v) is 12.1. The number of benzene rings is 1. The van der Waals surface area contributed by atoms with Crippen LogP contribution in [0, 0.1) is 5.82 Å². The molecule has 11 heteroatoms. The van der Waals surface area contributed by atoms with Crippen LogP contribution >= 0.6 is 0 Å². The molecule has 2 atom stereocenters. The summed E-state index contributed by atoms with van der Waals surface area (Å²) in [5.41, 5.74) is 0.452. The van der Waals surface area contributed by atoms with Crippen LogP contribution in [0.5, 0.6) is 11.5 Å². The maximum Gasteiger partial charge on any atom is 0.387 e. The topological polar surface area (TPSA) is 74.8 Å². The highest BCUT2D eigenvalue weighted by molar-refractivity contribution is 5.60. The fraction of sp³-hybridized carbons (Fsp3) is 0.655. The molecule has 0 amide bonds. The van der Waals surface area contributed by atoms with Gasteiger partial charge < -0.3 is 25.0 Å². The van der Waals surface area contributed by atoms with Gasteiger partial charge in [-0.15, -0.1) is 0 Å². The fourth-order valence-electron chi connectivity index (χ4n) is 6.53. The van der Waals surface area contributed by atoms with Gasteiger partial charge in [-0.1, -0.05) is 0 Å². The van der Waals surface area contributed by atoms with Gasteiger partial charge in [0.15, 0.2) is 23.1 Å². The summed E-state index contributed by atoms with van der Waals surface area (Å²) >= 11 is 0. The number of nitrogens with one attached hydrogen (secondary N) is 2. The summed E-state index contributed by atoms with van der Waals surface area (Å²) in [6, 6.07) is 5.76. The zero-order valence-corrected chi connectivity index (χ0v) is 23.8. The van der Waals surface area contributed by atoms with E-state index >= 15 is 0 Å². The number of alkyl halides is 2. The summed E-state index contributed by atoms with van der Waals surface area (Å²) < 4.78 is 52.1. The number of likely N-dealkylation sites (tertiary alicyclic amines) is 1. The molecule has 5 rings (SSSR count). The molecular weight excluding hydrogens is 521 g/mol. The number of ether oxygens (including phenoxy) is 2. The lowest BCUT2D eigenvalue weighted by Gasteiger charge is -2.47. The van der Waals surface area contributed by atoms with Gasteiger partial charge in [-0.25, -0.2) is 9.37 Å². The molecule has 1 aromatic heterocycles. The van der Waals surface area contributed by atoms with Gasteiger partial charge in [0.2, 0.25) is 5.95 Å². The predicted octanol–water partition coefficient (Wildman–Crippen LogP) is 6.03. The second kappa shape index (κ2) is 12.0. The Morgan fingerprint density at radius 1 is 1.07 bits per heavy atom. The van der Waals surface area contributed by atoms with E-state index in [0.717, 1.165) is 57.9 Å². The molecule has 3 fully saturated rings. The number of fused-ring (bicyclic) bond motifs is 1. The molecule has 0 saturated carbocycles. The minimum atomic E-state index is -3.01. The van der Waals surface area contributed by atoms with E-state index in [0.29, 0.717) is 17.8 Å². The molecule has 0 radical (unpaired) electrons. The van der Waals surface area contributed by atoms with Gasteiger partial charge in [-0.05, 0) is 84.9 Å². The molecule has 3 saturated heterocycles. The molecule has 4 heterocycles. The van der Waals surface area contributed by atoms with Gasteiger partial charge in [-0.3, -0.25) is 4.90 Å². The van der Waals surface area contributed by atoms with Gasteiger partial charge >= 0.3 is 6.61 Å². The summed E-state index contributed by atoms with van der Waals surface area (Å²) in [5, 5.41) is 6.31. The number of hydrogen-bond acceptors (Lipinski definition) is 8. The van der Waals surface area contributed by atoms with Crippen LogP contribution in [0.15, 0.2) is 24.4 Å². The highest BCUT2D eigenvalue weighted by Gasteiger charge is 2.43. The lowest BCUT2D eigenvalue weighted by Crippen LogP contribution is -2.55. The number of aromatic nitrogens is 2. The van der Waals surface area contributed by atoms with Crippen molar-refractivity contribution in [1.29, 1.82) is 0 Å². The van der Waals surface area contributed by atoms with Crippen LogP contribution in [0.25, 0.3) is 0 Å². The maximum absolute atomic E-state index is 14.7. The largest absolute Gasteiger partial charge is 0.486 e.